The van der Waals surface area contributed by atoms with E-state index in [1.807, 2.05) is 48.5 Å². The summed E-state index contributed by atoms with van der Waals surface area (Å²) >= 11 is 5.98. The van der Waals surface area contributed by atoms with E-state index in [-0.39, 0.29) is 17.6 Å². The summed E-state index contributed by atoms with van der Waals surface area (Å²) in [5, 5.41) is 0.718. The maximum atomic E-state index is 13.0. The molecule has 2 aromatic carbocycles. The van der Waals surface area contributed by atoms with E-state index in [1.54, 1.807) is 7.11 Å². The highest BCUT2D eigenvalue weighted by atomic mass is 35.5. The number of halogens is 1. The number of rotatable bonds is 4. The highest BCUT2D eigenvalue weighted by molar-refractivity contribution is 6.30. The van der Waals surface area contributed by atoms with E-state index in [2.05, 4.69) is 11.9 Å². The zero-order valence-corrected chi connectivity index (χ0v) is 14.1. The molecule has 2 aromatic rings. The van der Waals surface area contributed by atoms with Crippen molar-refractivity contribution in [1.82, 2.24) is 4.90 Å². The normalized spacial score (nSPS) is 21.3. The van der Waals surface area contributed by atoms with Gasteiger partial charge >= 0.3 is 0 Å². The Bertz CT molecular complexity index is 699. The summed E-state index contributed by atoms with van der Waals surface area (Å²) in [4.78, 5) is 15.2. The number of ketones is 1. The molecule has 1 aliphatic rings. The first-order valence-corrected chi connectivity index (χ1v) is 8.08. The third-order valence-corrected chi connectivity index (χ3v) is 4.74. The summed E-state index contributed by atoms with van der Waals surface area (Å²) in [7, 11) is 3.67. The number of carbonyl (C=O) groups is 1. The SMILES string of the molecule is COc1cccc(C(=O)[C@H]2CN(C)C[C@H]2c2ccc(Cl)cc2)c1. The van der Waals surface area contributed by atoms with Gasteiger partial charge in [0, 0.05) is 35.5 Å². The Hall–Kier alpha value is -1.84. The van der Waals surface area contributed by atoms with Gasteiger partial charge in [0.05, 0.1) is 7.11 Å². The molecule has 0 unspecified atom stereocenters. The van der Waals surface area contributed by atoms with Crippen LogP contribution in [0.25, 0.3) is 0 Å². The van der Waals surface area contributed by atoms with Crippen LogP contribution in [0.4, 0.5) is 0 Å². The maximum absolute atomic E-state index is 13.0. The quantitative estimate of drug-likeness (QED) is 0.797. The third-order valence-electron chi connectivity index (χ3n) is 4.49. The standard InChI is InChI=1S/C19H20ClNO2/c1-21-11-17(13-6-8-15(20)9-7-13)18(12-21)19(22)14-4-3-5-16(10-14)23-2/h3-10,17-18H,11-12H2,1-2H3/t17-,18-/m0/s1. The lowest BCUT2D eigenvalue weighted by molar-refractivity contribution is 0.0915. The molecule has 0 aliphatic carbocycles. The summed E-state index contributed by atoms with van der Waals surface area (Å²) in [6.45, 7) is 1.64. The third kappa shape index (κ3) is 3.41. The second kappa shape index (κ2) is 6.73. The van der Waals surface area contributed by atoms with Crippen LogP contribution in [-0.4, -0.2) is 37.9 Å². The minimum Gasteiger partial charge on any atom is -0.497 e. The van der Waals surface area contributed by atoms with Gasteiger partial charge in [-0.1, -0.05) is 35.9 Å². The lowest BCUT2D eigenvalue weighted by Crippen LogP contribution is -2.22. The van der Waals surface area contributed by atoms with Crippen molar-refractivity contribution in [3.63, 3.8) is 0 Å². The summed E-state index contributed by atoms with van der Waals surface area (Å²) in [5.41, 5.74) is 1.88. The summed E-state index contributed by atoms with van der Waals surface area (Å²) < 4.78 is 5.24. The van der Waals surface area contributed by atoms with Gasteiger partial charge in [0.1, 0.15) is 5.75 Å². The molecular formula is C19H20ClNO2. The Morgan fingerprint density at radius 1 is 1.17 bits per heavy atom. The van der Waals surface area contributed by atoms with Crippen molar-refractivity contribution in [2.75, 3.05) is 27.2 Å². The van der Waals surface area contributed by atoms with Gasteiger partial charge in [0.15, 0.2) is 5.78 Å². The Balaban J connectivity index is 1.89. The van der Waals surface area contributed by atoms with Gasteiger partial charge in [-0.3, -0.25) is 4.79 Å². The number of carbonyl (C=O) groups excluding carboxylic acids is 1. The van der Waals surface area contributed by atoms with E-state index in [4.69, 9.17) is 16.3 Å². The van der Waals surface area contributed by atoms with Gasteiger partial charge in [0.2, 0.25) is 0 Å². The molecule has 1 fully saturated rings. The fraction of sp³-hybridized carbons (Fsp3) is 0.316. The molecule has 0 bridgehead atoms. The van der Waals surface area contributed by atoms with Crippen molar-refractivity contribution in [2.45, 2.75) is 5.92 Å². The zero-order valence-electron chi connectivity index (χ0n) is 13.3. The zero-order chi connectivity index (χ0) is 16.4. The molecule has 3 nitrogen and oxygen atoms in total. The lowest BCUT2D eigenvalue weighted by Gasteiger charge is -2.18. The number of methoxy groups -OCH3 is 1. The van der Waals surface area contributed by atoms with Crippen molar-refractivity contribution in [3.8, 4) is 5.75 Å². The average Bonchev–Trinajstić information content (AvgIpc) is 2.96. The Morgan fingerprint density at radius 2 is 1.91 bits per heavy atom. The Labute approximate surface area is 141 Å². The molecule has 1 heterocycles. The Kier molecular flexibility index (Phi) is 4.69. The van der Waals surface area contributed by atoms with Crippen molar-refractivity contribution in [3.05, 3.63) is 64.7 Å². The van der Waals surface area contributed by atoms with E-state index in [1.165, 1.54) is 5.56 Å². The minimum absolute atomic E-state index is 0.0479. The topological polar surface area (TPSA) is 29.5 Å². The number of Topliss-reactive ketones (excluding diaryl/α,β-unsaturated/α-hetero) is 1. The van der Waals surface area contributed by atoms with Gasteiger partial charge < -0.3 is 9.64 Å². The fourth-order valence-corrected chi connectivity index (χ4v) is 3.43. The van der Waals surface area contributed by atoms with Crippen LogP contribution in [0.3, 0.4) is 0 Å². The fourth-order valence-electron chi connectivity index (χ4n) is 3.30. The summed E-state index contributed by atoms with van der Waals surface area (Å²) in [6, 6.07) is 15.2. The van der Waals surface area contributed by atoms with Crippen molar-refractivity contribution in [2.24, 2.45) is 5.92 Å². The first-order valence-electron chi connectivity index (χ1n) is 7.71. The minimum atomic E-state index is -0.0479. The molecule has 4 heteroatoms. The number of nitrogens with zero attached hydrogens (tertiary/aromatic N) is 1. The van der Waals surface area contributed by atoms with Crippen LogP contribution in [0.15, 0.2) is 48.5 Å². The molecule has 0 radical (unpaired) electrons. The molecule has 23 heavy (non-hydrogen) atoms. The van der Waals surface area contributed by atoms with Crippen LogP contribution in [0.5, 0.6) is 5.75 Å². The highest BCUT2D eigenvalue weighted by Crippen LogP contribution is 2.35. The van der Waals surface area contributed by atoms with E-state index in [9.17, 15) is 4.79 Å². The number of likely N-dealkylation sites (N-methyl/N-ethyl adjacent to an activating group) is 1. The van der Waals surface area contributed by atoms with Crippen LogP contribution in [-0.2, 0) is 0 Å². The number of benzene rings is 2. The molecule has 1 saturated heterocycles. The summed E-state index contributed by atoms with van der Waals surface area (Å²) in [6.07, 6.45) is 0. The van der Waals surface area contributed by atoms with Crippen molar-refractivity contribution >= 4 is 17.4 Å². The van der Waals surface area contributed by atoms with Crippen LogP contribution in [0.2, 0.25) is 5.02 Å². The van der Waals surface area contributed by atoms with Crippen LogP contribution in [0.1, 0.15) is 21.8 Å². The largest absolute Gasteiger partial charge is 0.497 e. The first-order chi connectivity index (χ1) is 11.1. The lowest BCUT2D eigenvalue weighted by atomic mass is 9.84. The molecule has 0 N–H and O–H groups in total. The van der Waals surface area contributed by atoms with Gasteiger partial charge in [-0.2, -0.15) is 0 Å². The molecule has 2 atom stereocenters. The van der Waals surface area contributed by atoms with E-state index >= 15 is 0 Å². The monoisotopic (exact) mass is 329 g/mol. The van der Waals surface area contributed by atoms with Gasteiger partial charge in [0.25, 0.3) is 0 Å². The van der Waals surface area contributed by atoms with Crippen molar-refractivity contribution in [1.29, 1.82) is 0 Å². The second-order valence-corrected chi connectivity index (χ2v) is 6.52. The average molecular weight is 330 g/mol. The molecule has 1 aliphatic heterocycles. The van der Waals surface area contributed by atoms with Gasteiger partial charge in [-0.15, -0.1) is 0 Å². The molecule has 120 valence electrons. The van der Waals surface area contributed by atoms with E-state index in [0.29, 0.717) is 11.3 Å². The predicted molar refractivity (Wildman–Crippen MR) is 92.5 cm³/mol. The van der Waals surface area contributed by atoms with Crippen LogP contribution in [0, 0.1) is 5.92 Å². The van der Waals surface area contributed by atoms with Gasteiger partial charge in [-0.05, 0) is 36.9 Å². The molecule has 3 rings (SSSR count). The first kappa shape index (κ1) is 16.0. The molecular weight excluding hydrogens is 310 g/mol. The second-order valence-electron chi connectivity index (χ2n) is 6.08. The molecule has 0 spiro atoms. The van der Waals surface area contributed by atoms with Crippen molar-refractivity contribution < 1.29 is 9.53 Å². The molecule has 0 aromatic heterocycles. The maximum Gasteiger partial charge on any atom is 0.168 e. The Morgan fingerprint density at radius 3 is 2.61 bits per heavy atom. The van der Waals surface area contributed by atoms with E-state index in [0.717, 1.165) is 18.1 Å². The van der Waals surface area contributed by atoms with E-state index < -0.39 is 0 Å². The predicted octanol–water partition coefficient (Wildman–Crippen LogP) is 3.88. The van der Waals surface area contributed by atoms with Crippen LogP contribution >= 0.6 is 11.6 Å². The smallest absolute Gasteiger partial charge is 0.168 e. The highest BCUT2D eigenvalue weighted by Gasteiger charge is 2.37. The van der Waals surface area contributed by atoms with Gasteiger partial charge in [-0.25, -0.2) is 0 Å². The number of likely N-dealkylation sites (tertiary alicyclic amines) is 1. The molecule has 0 saturated carbocycles. The number of hydrogen-bond donors (Lipinski definition) is 0. The molecule has 0 amide bonds. The summed E-state index contributed by atoms with van der Waals surface area (Å²) in [5.74, 6) is 1.03. The van der Waals surface area contributed by atoms with Crippen LogP contribution < -0.4 is 4.74 Å². The number of ether oxygens (including phenoxy) is 1. The number of hydrogen-bond acceptors (Lipinski definition) is 3.